The van der Waals surface area contributed by atoms with Crippen LogP contribution >= 0.6 is 11.3 Å². The first-order valence-electron chi connectivity index (χ1n) is 7.89. The quantitative estimate of drug-likeness (QED) is 0.860. The number of methoxy groups -OCH3 is 1. The normalized spacial score (nSPS) is 14.4. The average Bonchev–Trinajstić information content (AvgIpc) is 3.03. The van der Waals surface area contributed by atoms with Crippen LogP contribution in [0.1, 0.15) is 33.5 Å². The second kappa shape index (κ2) is 7.04. The van der Waals surface area contributed by atoms with Crippen LogP contribution in [-0.2, 0) is 13.0 Å². The molecule has 23 heavy (non-hydrogen) atoms. The van der Waals surface area contributed by atoms with Crippen molar-refractivity contribution in [2.24, 2.45) is 0 Å². The van der Waals surface area contributed by atoms with Gasteiger partial charge in [-0.15, -0.1) is 11.3 Å². The van der Waals surface area contributed by atoms with Crippen molar-refractivity contribution >= 4 is 17.2 Å². The molecule has 0 saturated carbocycles. The molecule has 1 aromatic heterocycles. The molecule has 1 aliphatic rings. The monoisotopic (exact) mass is 331 g/mol. The topological polar surface area (TPSA) is 38.8 Å². The number of hydrogen-bond donors (Lipinski definition) is 0. The maximum Gasteiger partial charge on any atom is 0.264 e. The van der Waals surface area contributed by atoms with E-state index in [1.165, 1.54) is 4.88 Å². The number of benzene rings is 1. The number of fused-ring (bicyclic) bond motifs is 1. The van der Waals surface area contributed by atoms with E-state index in [2.05, 4.69) is 6.92 Å². The van der Waals surface area contributed by atoms with Gasteiger partial charge in [0.25, 0.3) is 5.91 Å². The third-order valence-electron chi connectivity index (χ3n) is 3.97. The first-order chi connectivity index (χ1) is 11.2. The van der Waals surface area contributed by atoms with Gasteiger partial charge in [-0.05, 0) is 31.0 Å². The van der Waals surface area contributed by atoms with E-state index in [1.807, 2.05) is 35.2 Å². The maximum absolute atomic E-state index is 12.8. The van der Waals surface area contributed by atoms with E-state index < -0.39 is 0 Å². The van der Waals surface area contributed by atoms with Crippen molar-refractivity contribution in [3.63, 3.8) is 0 Å². The van der Waals surface area contributed by atoms with E-state index in [4.69, 9.17) is 9.47 Å². The smallest absolute Gasteiger partial charge is 0.264 e. The van der Waals surface area contributed by atoms with Crippen molar-refractivity contribution in [2.45, 2.75) is 26.3 Å². The van der Waals surface area contributed by atoms with Crippen LogP contribution in [-0.4, -0.2) is 31.1 Å². The van der Waals surface area contributed by atoms with Crippen LogP contribution in [0.25, 0.3) is 0 Å². The van der Waals surface area contributed by atoms with Crippen molar-refractivity contribution in [3.05, 3.63) is 45.6 Å². The zero-order valence-corrected chi connectivity index (χ0v) is 14.3. The van der Waals surface area contributed by atoms with Gasteiger partial charge in [-0.1, -0.05) is 19.1 Å². The molecule has 4 nitrogen and oxygen atoms in total. The second-order valence-corrected chi connectivity index (χ2v) is 6.67. The summed E-state index contributed by atoms with van der Waals surface area (Å²) < 4.78 is 11.2. The minimum Gasteiger partial charge on any atom is -0.493 e. The molecule has 0 fully saturated rings. The fraction of sp³-hybridized carbons (Fsp3) is 0.389. The molecule has 0 unspecified atom stereocenters. The predicted molar refractivity (Wildman–Crippen MR) is 91.5 cm³/mol. The van der Waals surface area contributed by atoms with Crippen LogP contribution in [0.3, 0.4) is 0 Å². The van der Waals surface area contributed by atoms with E-state index in [-0.39, 0.29) is 5.91 Å². The van der Waals surface area contributed by atoms with E-state index >= 15 is 0 Å². The lowest BCUT2D eigenvalue weighted by Gasteiger charge is -2.27. The summed E-state index contributed by atoms with van der Waals surface area (Å²) in [5.74, 6) is 1.58. The summed E-state index contributed by atoms with van der Waals surface area (Å²) in [4.78, 5) is 16.8. The van der Waals surface area contributed by atoms with Crippen LogP contribution in [0.2, 0.25) is 0 Å². The molecule has 3 rings (SSSR count). The van der Waals surface area contributed by atoms with Gasteiger partial charge in [0.15, 0.2) is 11.5 Å². The van der Waals surface area contributed by atoms with Crippen molar-refractivity contribution in [2.75, 3.05) is 20.3 Å². The van der Waals surface area contributed by atoms with Gasteiger partial charge in [0.1, 0.15) is 0 Å². The number of carbonyl (C=O) groups is 1. The van der Waals surface area contributed by atoms with Crippen molar-refractivity contribution in [1.82, 2.24) is 4.90 Å². The SMILES string of the molecule is CCc1ccc(C(=O)N2CCCOc3c(cccc3OC)C2)s1. The number of amides is 1. The largest absolute Gasteiger partial charge is 0.493 e. The molecule has 0 N–H and O–H groups in total. The third-order valence-corrected chi connectivity index (χ3v) is 5.19. The summed E-state index contributed by atoms with van der Waals surface area (Å²) in [6.45, 7) is 3.94. The third kappa shape index (κ3) is 3.34. The zero-order valence-electron chi connectivity index (χ0n) is 13.5. The Morgan fingerprint density at radius 2 is 2.22 bits per heavy atom. The molecule has 0 saturated heterocycles. The van der Waals surface area contributed by atoms with Crippen molar-refractivity contribution < 1.29 is 14.3 Å². The zero-order chi connectivity index (χ0) is 16.2. The summed E-state index contributed by atoms with van der Waals surface area (Å²) in [7, 11) is 1.64. The molecule has 122 valence electrons. The Hall–Kier alpha value is -2.01. The number of aryl methyl sites for hydroxylation is 1. The van der Waals surface area contributed by atoms with Crippen molar-refractivity contribution in [1.29, 1.82) is 0 Å². The lowest BCUT2D eigenvalue weighted by atomic mass is 10.1. The molecule has 0 radical (unpaired) electrons. The molecule has 5 heteroatoms. The Morgan fingerprint density at radius 3 is 2.96 bits per heavy atom. The number of para-hydroxylation sites is 1. The Morgan fingerprint density at radius 1 is 1.35 bits per heavy atom. The Labute approximate surface area is 140 Å². The molecular weight excluding hydrogens is 310 g/mol. The van der Waals surface area contributed by atoms with Gasteiger partial charge in [0, 0.05) is 23.5 Å². The van der Waals surface area contributed by atoms with Gasteiger partial charge in [-0.2, -0.15) is 0 Å². The van der Waals surface area contributed by atoms with Gasteiger partial charge in [0.05, 0.1) is 18.6 Å². The molecular formula is C18H21NO3S. The predicted octanol–water partition coefficient (Wildman–Crippen LogP) is 3.74. The molecule has 2 heterocycles. The molecule has 1 amide bonds. The fourth-order valence-electron chi connectivity index (χ4n) is 2.74. The number of ether oxygens (including phenoxy) is 2. The highest BCUT2D eigenvalue weighted by molar-refractivity contribution is 7.14. The molecule has 0 spiro atoms. The highest BCUT2D eigenvalue weighted by Gasteiger charge is 2.22. The van der Waals surface area contributed by atoms with Crippen molar-refractivity contribution in [3.8, 4) is 11.5 Å². The lowest BCUT2D eigenvalue weighted by Crippen LogP contribution is -2.33. The summed E-state index contributed by atoms with van der Waals surface area (Å²) in [5.41, 5.74) is 0.990. The first-order valence-corrected chi connectivity index (χ1v) is 8.71. The number of nitrogens with zero attached hydrogens (tertiary/aromatic N) is 1. The number of thiophene rings is 1. The van der Waals surface area contributed by atoms with Gasteiger partial charge in [-0.25, -0.2) is 0 Å². The second-order valence-electron chi connectivity index (χ2n) is 5.50. The summed E-state index contributed by atoms with van der Waals surface area (Å²) in [5, 5.41) is 0. The van der Waals surface area contributed by atoms with Crippen LogP contribution < -0.4 is 9.47 Å². The minimum absolute atomic E-state index is 0.102. The molecule has 1 aliphatic heterocycles. The highest BCUT2D eigenvalue weighted by Crippen LogP contribution is 2.33. The molecule has 2 aromatic rings. The summed E-state index contributed by atoms with van der Waals surface area (Å²) >= 11 is 1.59. The van der Waals surface area contributed by atoms with Gasteiger partial charge in [-0.3, -0.25) is 4.79 Å². The van der Waals surface area contributed by atoms with E-state index in [0.29, 0.717) is 19.7 Å². The number of rotatable bonds is 3. The van der Waals surface area contributed by atoms with Gasteiger partial charge in [0.2, 0.25) is 0 Å². The van der Waals surface area contributed by atoms with E-state index in [1.54, 1.807) is 18.4 Å². The Kier molecular flexibility index (Phi) is 4.86. The van der Waals surface area contributed by atoms with Crippen LogP contribution in [0.4, 0.5) is 0 Å². The number of hydrogen-bond acceptors (Lipinski definition) is 4. The van der Waals surface area contributed by atoms with Gasteiger partial charge < -0.3 is 14.4 Å². The summed E-state index contributed by atoms with van der Waals surface area (Å²) in [6.07, 6.45) is 1.78. The van der Waals surface area contributed by atoms with Crippen LogP contribution in [0, 0.1) is 0 Å². The molecule has 0 bridgehead atoms. The number of carbonyl (C=O) groups excluding carboxylic acids is 1. The van der Waals surface area contributed by atoms with Crippen LogP contribution in [0.15, 0.2) is 30.3 Å². The molecule has 1 aromatic carbocycles. The highest BCUT2D eigenvalue weighted by atomic mass is 32.1. The molecule has 0 atom stereocenters. The Bertz CT molecular complexity index is 695. The van der Waals surface area contributed by atoms with E-state index in [9.17, 15) is 4.79 Å². The maximum atomic E-state index is 12.8. The van der Waals surface area contributed by atoms with E-state index in [0.717, 1.165) is 34.8 Å². The summed E-state index contributed by atoms with van der Waals surface area (Å²) in [6, 6.07) is 9.80. The fourth-order valence-corrected chi connectivity index (χ4v) is 3.65. The minimum atomic E-state index is 0.102. The Balaban J connectivity index is 1.87. The molecule has 0 aliphatic carbocycles. The standard InChI is InChI=1S/C18H21NO3S/c1-3-14-8-9-16(23-14)18(20)19-10-5-11-22-17-13(12-19)6-4-7-15(17)21-2/h4,6-9H,3,5,10-12H2,1-2H3. The van der Waals surface area contributed by atoms with Gasteiger partial charge >= 0.3 is 0 Å². The average molecular weight is 331 g/mol. The first kappa shape index (κ1) is 15.9. The van der Waals surface area contributed by atoms with Crippen LogP contribution in [0.5, 0.6) is 11.5 Å². The lowest BCUT2D eigenvalue weighted by molar-refractivity contribution is 0.0726.